The SMILES string of the molecule is O=C(CSCc1cc(=O)n2ccsc2n1)Nc1ccc(N2CCOCC2)c(F)c1. The molecule has 0 spiro atoms. The lowest BCUT2D eigenvalue weighted by atomic mass is 10.2. The number of hydrogen-bond donors (Lipinski definition) is 1. The third kappa shape index (κ3) is 4.77. The lowest BCUT2D eigenvalue weighted by Crippen LogP contribution is -2.36. The fourth-order valence-corrected chi connectivity index (χ4v) is 4.51. The fraction of sp³-hybridized carbons (Fsp3) is 0.316. The highest BCUT2D eigenvalue weighted by molar-refractivity contribution is 7.99. The number of nitrogens with one attached hydrogen (secondary N) is 1. The zero-order valence-electron chi connectivity index (χ0n) is 15.5. The number of benzene rings is 1. The van der Waals surface area contributed by atoms with Crippen molar-refractivity contribution in [2.45, 2.75) is 5.75 Å². The van der Waals surface area contributed by atoms with Crippen LogP contribution in [-0.2, 0) is 15.3 Å². The zero-order valence-corrected chi connectivity index (χ0v) is 17.1. The molecule has 1 saturated heterocycles. The molecule has 3 aromatic rings. The topological polar surface area (TPSA) is 75.9 Å². The molecule has 1 fully saturated rings. The normalized spacial score (nSPS) is 14.3. The number of hydrogen-bond acceptors (Lipinski definition) is 7. The Morgan fingerprint density at radius 1 is 1.31 bits per heavy atom. The van der Waals surface area contributed by atoms with Crippen molar-refractivity contribution in [1.29, 1.82) is 0 Å². The van der Waals surface area contributed by atoms with Crippen molar-refractivity contribution in [3.8, 4) is 0 Å². The molecule has 1 aromatic carbocycles. The van der Waals surface area contributed by atoms with Gasteiger partial charge in [-0.2, -0.15) is 0 Å². The summed E-state index contributed by atoms with van der Waals surface area (Å²) in [6.07, 6.45) is 1.68. The summed E-state index contributed by atoms with van der Waals surface area (Å²) >= 11 is 2.74. The molecule has 4 rings (SSSR count). The minimum Gasteiger partial charge on any atom is -0.378 e. The maximum Gasteiger partial charge on any atom is 0.258 e. The Labute approximate surface area is 174 Å². The van der Waals surface area contributed by atoms with Crippen LogP contribution in [0.25, 0.3) is 4.96 Å². The van der Waals surface area contributed by atoms with Crippen molar-refractivity contribution < 1.29 is 13.9 Å². The van der Waals surface area contributed by atoms with E-state index in [0.717, 1.165) is 0 Å². The van der Waals surface area contributed by atoms with Crippen LogP contribution in [0.15, 0.2) is 40.6 Å². The van der Waals surface area contributed by atoms with Crippen molar-refractivity contribution in [2.75, 3.05) is 42.3 Å². The second-order valence-electron chi connectivity index (χ2n) is 6.45. The van der Waals surface area contributed by atoms with Crippen LogP contribution in [0.3, 0.4) is 0 Å². The van der Waals surface area contributed by atoms with Gasteiger partial charge in [0.2, 0.25) is 5.91 Å². The van der Waals surface area contributed by atoms with Gasteiger partial charge in [-0.05, 0) is 18.2 Å². The second kappa shape index (κ2) is 8.93. The van der Waals surface area contributed by atoms with Crippen LogP contribution in [0.2, 0.25) is 0 Å². The number of carbonyl (C=O) groups excluding carboxylic acids is 1. The van der Waals surface area contributed by atoms with Gasteiger partial charge in [-0.25, -0.2) is 9.37 Å². The highest BCUT2D eigenvalue weighted by Gasteiger charge is 2.16. The van der Waals surface area contributed by atoms with E-state index in [2.05, 4.69) is 10.3 Å². The number of nitrogens with zero attached hydrogens (tertiary/aromatic N) is 3. The summed E-state index contributed by atoms with van der Waals surface area (Å²) in [5.41, 5.74) is 1.44. The van der Waals surface area contributed by atoms with Crippen LogP contribution >= 0.6 is 23.1 Å². The number of morpholine rings is 1. The molecule has 10 heteroatoms. The molecule has 7 nitrogen and oxygen atoms in total. The Morgan fingerprint density at radius 3 is 2.93 bits per heavy atom. The first-order chi connectivity index (χ1) is 14.1. The van der Waals surface area contributed by atoms with Gasteiger partial charge in [-0.3, -0.25) is 14.0 Å². The van der Waals surface area contributed by atoms with Gasteiger partial charge in [-0.15, -0.1) is 23.1 Å². The summed E-state index contributed by atoms with van der Waals surface area (Å²) < 4.78 is 21.2. The summed E-state index contributed by atoms with van der Waals surface area (Å²) in [4.78, 5) is 31.1. The highest BCUT2D eigenvalue weighted by atomic mass is 32.2. The highest BCUT2D eigenvalue weighted by Crippen LogP contribution is 2.24. The van der Waals surface area contributed by atoms with Crippen LogP contribution in [0, 0.1) is 5.82 Å². The third-order valence-corrected chi connectivity index (χ3v) is 6.15. The maximum atomic E-state index is 14.4. The molecular formula is C19H19FN4O3S2. The summed E-state index contributed by atoms with van der Waals surface area (Å²) in [7, 11) is 0. The largest absolute Gasteiger partial charge is 0.378 e. The van der Waals surface area contributed by atoms with Gasteiger partial charge in [0.05, 0.1) is 30.3 Å². The Morgan fingerprint density at radius 2 is 2.14 bits per heavy atom. The quantitative estimate of drug-likeness (QED) is 0.643. The average Bonchev–Trinajstić information content (AvgIpc) is 3.18. The predicted molar refractivity (Wildman–Crippen MR) is 114 cm³/mol. The van der Waals surface area contributed by atoms with E-state index in [0.29, 0.717) is 54.1 Å². The first-order valence-electron chi connectivity index (χ1n) is 9.06. The van der Waals surface area contributed by atoms with E-state index in [9.17, 15) is 14.0 Å². The van der Waals surface area contributed by atoms with Crippen molar-refractivity contribution >= 4 is 45.3 Å². The Hall–Kier alpha value is -2.43. The van der Waals surface area contributed by atoms with E-state index in [-0.39, 0.29) is 23.0 Å². The van der Waals surface area contributed by atoms with E-state index < -0.39 is 0 Å². The van der Waals surface area contributed by atoms with Gasteiger partial charge in [0.1, 0.15) is 5.82 Å². The van der Waals surface area contributed by atoms with Gasteiger partial charge in [-0.1, -0.05) is 0 Å². The van der Waals surface area contributed by atoms with Gasteiger partial charge in [0.25, 0.3) is 5.56 Å². The molecule has 152 valence electrons. The average molecular weight is 435 g/mol. The number of fused-ring (bicyclic) bond motifs is 1. The maximum absolute atomic E-state index is 14.4. The van der Waals surface area contributed by atoms with Crippen molar-refractivity contribution in [3.05, 3.63) is 57.7 Å². The summed E-state index contributed by atoms with van der Waals surface area (Å²) in [6.45, 7) is 2.45. The number of amides is 1. The van der Waals surface area contributed by atoms with E-state index >= 15 is 0 Å². The number of anilines is 2. The molecule has 0 aliphatic carbocycles. The molecule has 0 bridgehead atoms. The molecule has 3 heterocycles. The molecule has 0 atom stereocenters. The van der Waals surface area contributed by atoms with Crippen LogP contribution < -0.4 is 15.8 Å². The summed E-state index contributed by atoms with van der Waals surface area (Å²) in [5, 5.41) is 4.51. The first kappa shape index (κ1) is 19.9. The number of rotatable bonds is 6. The van der Waals surface area contributed by atoms with Gasteiger partial charge >= 0.3 is 0 Å². The number of aromatic nitrogens is 2. The number of carbonyl (C=O) groups is 1. The Kier molecular flexibility index (Phi) is 6.12. The minimum absolute atomic E-state index is 0.132. The molecule has 0 unspecified atom stereocenters. The molecule has 0 radical (unpaired) electrons. The summed E-state index contributed by atoms with van der Waals surface area (Å²) in [6, 6.07) is 6.19. The second-order valence-corrected chi connectivity index (χ2v) is 8.31. The number of thioether (sulfide) groups is 1. The van der Waals surface area contributed by atoms with Crippen molar-refractivity contribution in [3.63, 3.8) is 0 Å². The fourth-order valence-electron chi connectivity index (χ4n) is 3.05. The van der Waals surface area contributed by atoms with E-state index in [1.54, 1.807) is 23.7 Å². The van der Waals surface area contributed by atoms with Crippen LogP contribution in [0.4, 0.5) is 15.8 Å². The van der Waals surface area contributed by atoms with Crippen LogP contribution in [0.5, 0.6) is 0 Å². The smallest absolute Gasteiger partial charge is 0.258 e. The van der Waals surface area contributed by atoms with E-state index in [4.69, 9.17) is 4.74 Å². The molecular weight excluding hydrogens is 415 g/mol. The number of thiazole rings is 1. The molecule has 1 aliphatic rings. The number of ether oxygens (including phenoxy) is 1. The lowest BCUT2D eigenvalue weighted by molar-refractivity contribution is -0.113. The zero-order chi connectivity index (χ0) is 20.2. The Balaban J connectivity index is 1.31. The first-order valence-corrected chi connectivity index (χ1v) is 11.1. The Bertz CT molecular complexity index is 1080. The standard InChI is InChI=1S/C19H19FN4O3S2/c20-15-9-13(1-2-16(15)23-3-6-27-7-4-23)21-17(25)12-28-11-14-10-18(26)24-5-8-29-19(24)22-14/h1-2,5,8-10H,3-4,6-7,11-12H2,(H,21,25). The van der Waals surface area contributed by atoms with Crippen molar-refractivity contribution in [1.82, 2.24) is 9.38 Å². The molecule has 1 amide bonds. The van der Waals surface area contributed by atoms with Gasteiger partial charge in [0, 0.05) is 42.2 Å². The molecule has 29 heavy (non-hydrogen) atoms. The lowest BCUT2D eigenvalue weighted by Gasteiger charge is -2.29. The molecule has 0 saturated carbocycles. The molecule has 1 N–H and O–H groups in total. The van der Waals surface area contributed by atoms with Crippen LogP contribution in [-0.4, -0.2) is 47.3 Å². The molecule has 2 aromatic heterocycles. The van der Waals surface area contributed by atoms with E-state index in [1.807, 2.05) is 4.90 Å². The van der Waals surface area contributed by atoms with Crippen LogP contribution in [0.1, 0.15) is 5.69 Å². The van der Waals surface area contributed by atoms with Crippen molar-refractivity contribution in [2.24, 2.45) is 0 Å². The minimum atomic E-state index is -0.369. The van der Waals surface area contributed by atoms with E-state index in [1.165, 1.54) is 39.6 Å². The van der Waals surface area contributed by atoms with Gasteiger partial charge in [0.15, 0.2) is 4.96 Å². The van der Waals surface area contributed by atoms with Gasteiger partial charge < -0.3 is 15.0 Å². The summed E-state index contributed by atoms with van der Waals surface area (Å²) in [5.74, 6) is 0.0217. The third-order valence-electron chi connectivity index (χ3n) is 4.42. The molecule has 1 aliphatic heterocycles. The predicted octanol–water partition coefficient (Wildman–Crippen LogP) is 2.60. The number of halogens is 1. The monoisotopic (exact) mass is 434 g/mol.